The number of anilines is 1. The maximum absolute atomic E-state index is 3.72. The molecule has 0 spiro atoms. The van der Waals surface area contributed by atoms with E-state index in [1.165, 1.54) is 36.9 Å². The quantitative estimate of drug-likeness (QED) is 0.891. The zero-order valence-electron chi connectivity index (χ0n) is 14.3. The lowest BCUT2D eigenvalue weighted by atomic mass is 9.86. The Morgan fingerprint density at radius 3 is 2.52 bits per heavy atom. The molecule has 1 atom stereocenters. The topological polar surface area (TPSA) is 15.3 Å². The summed E-state index contributed by atoms with van der Waals surface area (Å²) in [5.41, 5.74) is 3.16. The van der Waals surface area contributed by atoms with E-state index in [-0.39, 0.29) is 0 Å². The maximum atomic E-state index is 3.72. The first kappa shape index (κ1) is 16.4. The molecular weight excluding hydrogens is 256 g/mol. The van der Waals surface area contributed by atoms with Crippen LogP contribution in [-0.2, 0) is 6.42 Å². The lowest BCUT2D eigenvalue weighted by Gasteiger charge is -2.34. The molecule has 1 heterocycles. The van der Waals surface area contributed by atoms with Gasteiger partial charge in [-0.3, -0.25) is 0 Å². The zero-order valence-corrected chi connectivity index (χ0v) is 14.3. The summed E-state index contributed by atoms with van der Waals surface area (Å²) in [5, 5.41) is 3.72. The monoisotopic (exact) mass is 288 g/mol. The van der Waals surface area contributed by atoms with Crippen LogP contribution in [-0.4, -0.2) is 25.7 Å². The molecule has 21 heavy (non-hydrogen) atoms. The Hall–Kier alpha value is -1.02. The molecule has 0 radical (unpaired) electrons. The molecule has 0 saturated carbocycles. The van der Waals surface area contributed by atoms with Gasteiger partial charge in [0.1, 0.15) is 0 Å². The Morgan fingerprint density at radius 2 is 1.90 bits per heavy atom. The highest BCUT2D eigenvalue weighted by Gasteiger charge is 2.28. The van der Waals surface area contributed by atoms with Gasteiger partial charge in [-0.2, -0.15) is 0 Å². The fourth-order valence-electron chi connectivity index (χ4n) is 2.99. The van der Waals surface area contributed by atoms with Crippen LogP contribution in [0.25, 0.3) is 0 Å². The van der Waals surface area contributed by atoms with Gasteiger partial charge in [-0.25, -0.2) is 0 Å². The van der Waals surface area contributed by atoms with Crippen molar-refractivity contribution in [1.82, 2.24) is 5.32 Å². The van der Waals surface area contributed by atoms with E-state index in [4.69, 9.17) is 0 Å². The van der Waals surface area contributed by atoms with E-state index in [0.717, 1.165) is 19.6 Å². The molecule has 2 nitrogen and oxygen atoms in total. The van der Waals surface area contributed by atoms with Crippen molar-refractivity contribution >= 4 is 5.69 Å². The first-order chi connectivity index (χ1) is 10.0. The molecule has 1 fully saturated rings. The number of hydrogen-bond donors (Lipinski definition) is 1. The SMILES string of the molecule is CCCCc1ccc(N2CCCNC(C(C)(C)C)C2)cc1. The number of rotatable bonds is 4. The van der Waals surface area contributed by atoms with Gasteiger partial charge in [0, 0.05) is 24.8 Å². The fourth-order valence-corrected chi connectivity index (χ4v) is 2.99. The van der Waals surface area contributed by atoms with E-state index in [1.807, 2.05) is 0 Å². The van der Waals surface area contributed by atoms with E-state index >= 15 is 0 Å². The summed E-state index contributed by atoms with van der Waals surface area (Å²) in [5.74, 6) is 0. The van der Waals surface area contributed by atoms with Crippen LogP contribution in [0.15, 0.2) is 24.3 Å². The third-order valence-electron chi connectivity index (χ3n) is 4.56. The fraction of sp³-hybridized carbons (Fsp3) is 0.684. The summed E-state index contributed by atoms with van der Waals surface area (Å²) in [6, 6.07) is 9.82. The van der Waals surface area contributed by atoms with Crippen LogP contribution in [0, 0.1) is 5.41 Å². The van der Waals surface area contributed by atoms with Crippen LogP contribution < -0.4 is 10.2 Å². The van der Waals surface area contributed by atoms with Gasteiger partial charge < -0.3 is 10.2 Å². The predicted octanol–water partition coefficient (Wildman–Crippen LogP) is 4.24. The molecule has 0 bridgehead atoms. The van der Waals surface area contributed by atoms with Crippen molar-refractivity contribution in [2.45, 2.75) is 59.4 Å². The summed E-state index contributed by atoms with van der Waals surface area (Å²) in [4.78, 5) is 2.56. The van der Waals surface area contributed by atoms with Crippen molar-refractivity contribution in [2.75, 3.05) is 24.5 Å². The van der Waals surface area contributed by atoms with Crippen LogP contribution in [0.3, 0.4) is 0 Å². The number of benzene rings is 1. The van der Waals surface area contributed by atoms with E-state index in [2.05, 4.69) is 62.2 Å². The average Bonchev–Trinajstić information content (AvgIpc) is 2.71. The summed E-state index contributed by atoms with van der Waals surface area (Å²) < 4.78 is 0. The standard InChI is InChI=1S/C19H32N2/c1-5-6-8-16-9-11-17(12-10-16)21-14-7-13-20-18(15-21)19(2,3)4/h9-12,18,20H,5-8,13-15H2,1-4H3. The highest BCUT2D eigenvalue weighted by atomic mass is 15.2. The molecular formula is C19H32N2. The van der Waals surface area contributed by atoms with E-state index < -0.39 is 0 Å². The first-order valence-electron chi connectivity index (χ1n) is 8.58. The van der Waals surface area contributed by atoms with Gasteiger partial charge >= 0.3 is 0 Å². The van der Waals surface area contributed by atoms with Crippen molar-refractivity contribution in [3.8, 4) is 0 Å². The van der Waals surface area contributed by atoms with Crippen LogP contribution in [0.1, 0.15) is 52.5 Å². The van der Waals surface area contributed by atoms with Crippen LogP contribution in [0.4, 0.5) is 5.69 Å². The second-order valence-electron chi connectivity index (χ2n) is 7.44. The summed E-state index contributed by atoms with van der Waals surface area (Å²) in [7, 11) is 0. The van der Waals surface area contributed by atoms with Crippen molar-refractivity contribution in [2.24, 2.45) is 5.41 Å². The maximum Gasteiger partial charge on any atom is 0.0366 e. The molecule has 0 aromatic heterocycles. The Kier molecular flexibility index (Phi) is 5.69. The highest BCUT2D eigenvalue weighted by molar-refractivity contribution is 5.48. The number of hydrogen-bond acceptors (Lipinski definition) is 2. The summed E-state index contributed by atoms with van der Waals surface area (Å²) in [6.45, 7) is 12.7. The van der Waals surface area contributed by atoms with Crippen molar-refractivity contribution in [3.05, 3.63) is 29.8 Å². The molecule has 1 aromatic carbocycles. The molecule has 1 aliphatic rings. The normalized spacial score (nSPS) is 20.4. The molecule has 1 aliphatic heterocycles. The number of nitrogens with one attached hydrogen (secondary N) is 1. The first-order valence-corrected chi connectivity index (χ1v) is 8.58. The number of nitrogens with zero attached hydrogens (tertiary/aromatic N) is 1. The molecule has 0 amide bonds. The van der Waals surface area contributed by atoms with Crippen molar-refractivity contribution < 1.29 is 0 Å². The largest absolute Gasteiger partial charge is 0.370 e. The number of unbranched alkanes of at least 4 members (excludes halogenated alkanes) is 1. The molecule has 118 valence electrons. The molecule has 1 aromatic rings. The smallest absolute Gasteiger partial charge is 0.0366 e. The minimum atomic E-state index is 0.309. The van der Waals surface area contributed by atoms with Crippen molar-refractivity contribution in [3.63, 3.8) is 0 Å². The van der Waals surface area contributed by atoms with Crippen LogP contribution in [0.5, 0.6) is 0 Å². The van der Waals surface area contributed by atoms with E-state index in [0.29, 0.717) is 11.5 Å². The Labute approximate surface area is 130 Å². The molecule has 2 rings (SSSR count). The van der Waals surface area contributed by atoms with Crippen LogP contribution in [0.2, 0.25) is 0 Å². The Morgan fingerprint density at radius 1 is 1.19 bits per heavy atom. The second-order valence-corrected chi connectivity index (χ2v) is 7.44. The minimum absolute atomic E-state index is 0.309. The van der Waals surface area contributed by atoms with Crippen LogP contribution >= 0.6 is 0 Å². The van der Waals surface area contributed by atoms with Crippen molar-refractivity contribution in [1.29, 1.82) is 0 Å². The molecule has 2 heteroatoms. The van der Waals surface area contributed by atoms with Gasteiger partial charge in [0.25, 0.3) is 0 Å². The van der Waals surface area contributed by atoms with Gasteiger partial charge in [0.05, 0.1) is 0 Å². The van der Waals surface area contributed by atoms with E-state index in [1.54, 1.807) is 0 Å². The Bertz CT molecular complexity index is 416. The second kappa shape index (κ2) is 7.31. The predicted molar refractivity (Wildman–Crippen MR) is 93.1 cm³/mol. The summed E-state index contributed by atoms with van der Waals surface area (Å²) in [6.07, 6.45) is 5.00. The van der Waals surface area contributed by atoms with Gasteiger partial charge in [0.2, 0.25) is 0 Å². The lowest BCUT2D eigenvalue weighted by molar-refractivity contribution is 0.280. The third kappa shape index (κ3) is 4.74. The van der Waals surface area contributed by atoms with Gasteiger partial charge in [-0.15, -0.1) is 0 Å². The minimum Gasteiger partial charge on any atom is -0.370 e. The van der Waals surface area contributed by atoms with Gasteiger partial charge in [-0.05, 0) is 48.9 Å². The number of aryl methyl sites for hydroxylation is 1. The molecule has 0 aliphatic carbocycles. The van der Waals surface area contributed by atoms with Gasteiger partial charge in [0.15, 0.2) is 0 Å². The Balaban J connectivity index is 2.05. The third-order valence-corrected chi connectivity index (χ3v) is 4.56. The average molecular weight is 288 g/mol. The van der Waals surface area contributed by atoms with Gasteiger partial charge in [-0.1, -0.05) is 46.2 Å². The highest BCUT2D eigenvalue weighted by Crippen LogP contribution is 2.25. The molecule has 1 N–H and O–H groups in total. The molecule has 1 saturated heterocycles. The molecule has 1 unspecified atom stereocenters. The van der Waals surface area contributed by atoms with E-state index in [9.17, 15) is 0 Å². The summed E-state index contributed by atoms with van der Waals surface area (Å²) >= 11 is 0. The lowest BCUT2D eigenvalue weighted by Crippen LogP contribution is -2.46. The zero-order chi connectivity index (χ0) is 15.3.